The van der Waals surface area contributed by atoms with Crippen LogP contribution in [0.3, 0.4) is 0 Å². The maximum atomic E-state index is 12.5. The first-order valence-electron chi connectivity index (χ1n) is 6.68. The summed E-state index contributed by atoms with van der Waals surface area (Å²) in [4.78, 5) is 11.2. The van der Waals surface area contributed by atoms with Crippen molar-refractivity contribution in [3.63, 3.8) is 0 Å². The molecule has 0 aliphatic carbocycles. The summed E-state index contributed by atoms with van der Waals surface area (Å²) >= 11 is 0. The number of carbonyl (C=O) groups is 1. The summed E-state index contributed by atoms with van der Waals surface area (Å²) in [6, 6.07) is 3.49. The van der Waals surface area contributed by atoms with Crippen molar-refractivity contribution in [1.29, 1.82) is 0 Å². The molecule has 6 nitrogen and oxygen atoms in total. The quantitative estimate of drug-likeness (QED) is 0.854. The molecule has 0 unspecified atom stereocenters. The average Bonchev–Trinajstić information content (AvgIpc) is 2.46. The fraction of sp³-hybridized carbons (Fsp3) is 0.462. The molecular weight excluding hydrogens is 337 g/mol. The van der Waals surface area contributed by atoms with E-state index in [9.17, 15) is 26.4 Å². The fourth-order valence-electron chi connectivity index (χ4n) is 2.20. The van der Waals surface area contributed by atoms with Gasteiger partial charge < -0.3 is 15.8 Å². The first kappa shape index (κ1) is 17.7. The van der Waals surface area contributed by atoms with E-state index in [4.69, 9.17) is 10.5 Å². The van der Waals surface area contributed by atoms with Crippen LogP contribution in [0.25, 0.3) is 0 Å². The van der Waals surface area contributed by atoms with Crippen LogP contribution in [0.4, 0.5) is 18.9 Å². The largest absolute Gasteiger partial charge is 0.501 e. The van der Waals surface area contributed by atoms with Gasteiger partial charge in [0.1, 0.15) is 0 Å². The molecule has 1 heterocycles. The second-order valence-electron chi connectivity index (χ2n) is 5.10. The van der Waals surface area contributed by atoms with Gasteiger partial charge in [0.25, 0.3) is 9.84 Å². The number of anilines is 1. The molecule has 23 heavy (non-hydrogen) atoms. The Labute approximate surface area is 130 Å². The summed E-state index contributed by atoms with van der Waals surface area (Å²) in [7, 11) is -5.47. The Morgan fingerprint density at radius 2 is 2.04 bits per heavy atom. The van der Waals surface area contributed by atoms with Crippen LogP contribution in [-0.2, 0) is 19.4 Å². The Bertz CT molecular complexity index is 691. The zero-order chi connectivity index (χ0) is 17.3. The van der Waals surface area contributed by atoms with Gasteiger partial charge in [0.15, 0.2) is 0 Å². The van der Waals surface area contributed by atoms with E-state index in [1.807, 2.05) is 0 Å². The number of amides is 1. The van der Waals surface area contributed by atoms with Crippen LogP contribution >= 0.6 is 0 Å². The number of benzene rings is 1. The molecule has 0 bridgehead atoms. The molecule has 128 valence electrons. The molecule has 1 fully saturated rings. The van der Waals surface area contributed by atoms with Crippen molar-refractivity contribution in [2.24, 2.45) is 11.7 Å². The van der Waals surface area contributed by atoms with E-state index in [1.54, 1.807) is 0 Å². The highest BCUT2D eigenvalue weighted by molar-refractivity contribution is 7.92. The molecule has 0 spiro atoms. The van der Waals surface area contributed by atoms with E-state index < -0.39 is 38.1 Å². The van der Waals surface area contributed by atoms with Crippen LogP contribution in [0.1, 0.15) is 6.42 Å². The minimum absolute atomic E-state index is 0.0426. The van der Waals surface area contributed by atoms with E-state index in [-0.39, 0.29) is 12.3 Å². The minimum atomic E-state index is -5.47. The first-order valence-corrected chi connectivity index (χ1v) is 8.17. The summed E-state index contributed by atoms with van der Waals surface area (Å²) in [5.41, 5.74) is 0.313. The van der Waals surface area contributed by atoms with Crippen molar-refractivity contribution < 1.29 is 31.1 Å². The van der Waals surface area contributed by atoms with Crippen LogP contribution < -0.4 is 11.1 Å². The highest BCUT2D eigenvalue weighted by Crippen LogP contribution is 2.31. The van der Waals surface area contributed by atoms with Crippen LogP contribution in [0.15, 0.2) is 29.2 Å². The van der Waals surface area contributed by atoms with E-state index >= 15 is 0 Å². The molecule has 2 rings (SSSR count). The predicted octanol–water partition coefficient (Wildman–Crippen LogP) is 1.28. The number of sulfone groups is 1. The third-order valence-electron chi connectivity index (χ3n) is 3.45. The van der Waals surface area contributed by atoms with Gasteiger partial charge in [-0.05, 0) is 24.6 Å². The number of rotatable bonds is 3. The van der Waals surface area contributed by atoms with Crippen molar-refractivity contribution in [2.75, 3.05) is 18.5 Å². The lowest BCUT2D eigenvalue weighted by Gasteiger charge is -2.27. The van der Waals surface area contributed by atoms with E-state index in [0.717, 1.165) is 18.2 Å². The van der Waals surface area contributed by atoms with Crippen LogP contribution in [0.2, 0.25) is 0 Å². The van der Waals surface area contributed by atoms with Gasteiger partial charge in [-0.2, -0.15) is 13.2 Å². The lowest BCUT2D eigenvalue weighted by Crippen LogP contribution is -2.45. The molecule has 0 saturated carbocycles. The van der Waals surface area contributed by atoms with Gasteiger partial charge in [0.2, 0.25) is 5.91 Å². The van der Waals surface area contributed by atoms with Crippen LogP contribution in [0, 0.1) is 5.92 Å². The van der Waals surface area contributed by atoms with Gasteiger partial charge in [0, 0.05) is 18.3 Å². The Hall–Kier alpha value is -1.65. The molecule has 1 amide bonds. The van der Waals surface area contributed by atoms with Gasteiger partial charge in [-0.3, -0.25) is 4.79 Å². The Morgan fingerprint density at radius 1 is 1.35 bits per heavy atom. The standard InChI is InChI=1S/C13H15F3N2O4S/c14-13(15,16)23(20,21)9-3-1-2-8(6-9)18-12(19)10-4-5-22-7-11(10)17/h1-3,6,10-11H,4-5,7,17H2,(H,18,19)/t10-,11+/m1/s1. The normalized spacial score (nSPS) is 22.6. The average molecular weight is 352 g/mol. The van der Waals surface area contributed by atoms with Crippen molar-refractivity contribution in [3.05, 3.63) is 24.3 Å². The van der Waals surface area contributed by atoms with Gasteiger partial charge in [-0.25, -0.2) is 8.42 Å². The number of nitrogens with one attached hydrogen (secondary N) is 1. The zero-order valence-corrected chi connectivity index (χ0v) is 12.7. The van der Waals surface area contributed by atoms with Crippen molar-refractivity contribution in [3.8, 4) is 0 Å². The molecule has 0 radical (unpaired) electrons. The second kappa shape index (κ2) is 6.46. The molecular formula is C13H15F3N2O4S. The van der Waals surface area contributed by atoms with E-state index in [2.05, 4.69) is 5.32 Å². The molecule has 10 heteroatoms. The lowest BCUT2D eigenvalue weighted by atomic mass is 9.94. The number of halogens is 3. The highest BCUT2D eigenvalue weighted by Gasteiger charge is 2.46. The predicted molar refractivity (Wildman–Crippen MR) is 75.2 cm³/mol. The monoisotopic (exact) mass is 352 g/mol. The third-order valence-corrected chi connectivity index (χ3v) is 4.94. The highest BCUT2D eigenvalue weighted by atomic mass is 32.2. The Balaban J connectivity index is 2.19. The third kappa shape index (κ3) is 3.82. The van der Waals surface area contributed by atoms with Crippen molar-refractivity contribution in [1.82, 2.24) is 0 Å². The molecule has 1 aliphatic heterocycles. The number of nitrogens with two attached hydrogens (primary N) is 1. The van der Waals surface area contributed by atoms with Gasteiger partial charge in [-0.1, -0.05) is 6.07 Å². The summed E-state index contributed by atoms with van der Waals surface area (Å²) in [6.07, 6.45) is 0.382. The molecule has 1 aromatic carbocycles. The summed E-state index contributed by atoms with van der Waals surface area (Å²) in [6.45, 7) is 0.564. The maximum absolute atomic E-state index is 12.5. The molecule has 0 aromatic heterocycles. The van der Waals surface area contributed by atoms with Gasteiger partial charge in [-0.15, -0.1) is 0 Å². The van der Waals surface area contributed by atoms with Gasteiger partial charge >= 0.3 is 5.51 Å². The van der Waals surface area contributed by atoms with Gasteiger partial charge in [0.05, 0.1) is 17.4 Å². The number of ether oxygens (including phenoxy) is 1. The van der Waals surface area contributed by atoms with Crippen LogP contribution in [-0.4, -0.2) is 39.1 Å². The van der Waals surface area contributed by atoms with Crippen molar-refractivity contribution >= 4 is 21.4 Å². The Kier molecular flexibility index (Phi) is 4.97. The summed E-state index contributed by atoms with van der Waals surface area (Å²) < 4.78 is 65.5. The number of carbonyl (C=O) groups excluding carboxylic acids is 1. The SMILES string of the molecule is N[C@H]1COCC[C@H]1C(=O)Nc1cccc(S(=O)(=O)C(F)(F)F)c1. The zero-order valence-electron chi connectivity index (χ0n) is 11.8. The smallest absolute Gasteiger partial charge is 0.380 e. The topological polar surface area (TPSA) is 98.5 Å². The minimum Gasteiger partial charge on any atom is -0.380 e. The number of alkyl halides is 3. The molecule has 1 aromatic rings. The molecule has 2 atom stereocenters. The number of hydrogen-bond donors (Lipinski definition) is 2. The molecule has 1 aliphatic rings. The summed E-state index contributed by atoms with van der Waals surface area (Å²) in [5, 5.41) is 2.40. The molecule has 3 N–H and O–H groups in total. The van der Waals surface area contributed by atoms with E-state index in [0.29, 0.717) is 13.0 Å². The molecule has 1 saturated heterocycles. The lowest BCUT2D eigenvalue weighted by molar-refractivity contribution is -0.123. The first-order chi connectivity index (χ1) is 10.6. The second-order valence-corrected chi connectivity index (χ2v) is 7.04. The van der Waals surface area contributed by atoms with E-state index in [1.165, 1.54) is 6.07 Å². The fourth-order valence-corrected chi connectivity index (χ4v) is 3.00. The number of hydrogen-bond acceptors (Lipinski definition) is 5. The van der Waals surface area contributed by atoms with Crippen LogP contribution in [0.5, 0.6) is 0 Å². The summed E-state index contributed by atoms with van der Waals surface area (Å²) in [5.74, 6) is -1.03. The van der Waals surface area contributed by atoms with Crippen molar-refractivity contribution in [2.45, 2.75) is 22.9 Å². The Morgan fingerprint density at radius 3 is 2.65 bits per heavy atom. The maximum Gasteiger partial charge on any atom is 0.501 e.